The van der Waals surface area contributed by atoms with Gasteiger partial charge in [-0.2, -0.15) is 0 Å². The number of ether oxygens (including phenoxy) is 1. The summed E-state index contributed by atoms with van der Waals surface area (Å²) < 4.78 is 32.3. The molecule has 146 valence electrons. The fourth-order valence-corrected chi connectivity index (χ4v) is 3.55. The van der Waals surface area contributed by atoms with Gasteiger partial charge in [0, 0.05) is 12.7 Å². The molecule has 0 aliphatic carbocycles. The summed E-state index contributed by atoms with van der Waals surface area (Å²) in [6.07, 6.45) is 1.64. The second kappa shape index (κ2) is 9.68. The van der Waals surface area contributed by atoms with E-state index in [2.05, 4.69) is 15.0 Å². The van der Waals surface area contributed by atoms with Gasteiger partial charge in [-0.15, -0.1) is 0 Å². The number of sulfonamides is 1. The van der Waals surface area contributed by atoms with Crippen molar-refractivity contribution in [3.8, 4) is 5.75 Å². The first kappa shape index (κ1) is 21.1. The Balaban J connectivity index is 1.91. The van der Waals surface area contributed by atoms with Gasteiger partial charge in [-0.25, -0.2) is 13.1 Å². The summed E-state index contributed by atoms with van der Waals surface area (Å²) in [4.78, 5) is 16.0. The van der Waals surface area contributed by atoms with Gasteiger partial charge in [0.2, 0.25) is 10.0 Å². The van der Waals surface area contributed by atoms with Crippen LogP contribution >= 0.6 is 11.6 Å². The molecule has 2 rings (SSSR count). The van der Waals surface area contributed by atoms with E-state index in [0.717, 1.165) is 5.69 Å². The van der Waals surface area contributed by atoms with Crippen molar-refractivity contribution in [2.24, 2.45) is 5.92 Å². The number of carbonyl (C=O) groups is 1. The van der Waals surface area contributed by atoms with E-state index in [4.69, 9.17) is 16.3 Å². The fourth-order valence-electron chi connectivity index (χ4n) is 2.01. The largest absolute Gasteiger partial charge is 0.482 e. The lowest BCUT2D eigenvalue weighted by Crippen LogP contribution is -2.29. The smallest absolute Gasteiger partial charge is 0.258 e. The molecule has 7 nitrogen and oxygen atoms in total. The van der Waals surface area contributed by atoms with Gasteiger partial charge in [0.1, 0.15) is 5.75 Å². The average molecular weight is 412 g/mol. The van der Waals surface area contributed by atoms with E-state index < -0.39 is 10.0 Å². The third kappa shape index (κ3) is 6.82. The Labute approximate surface area is 164 Å². The van der Waals surface area contributed by atoms with Gasteiger partial charge in [0.25, 0.3) is 5.91 Å². The zero-order chi connectivity index (χ0) is 19.9. The quantitative estimate of drug-likeness (QED) is 0.660. The van der Waals surface area contributed by atoms with E-state index >= 15 is 0 Å². The van der Waals surface area contributed by atoms with Gasteiger partial charge in [-0.1, -0.05) is 31.5 Å². The lowest BCUT2D eigenvalue weighted by atomic mass is 10.2. The van der Waals surface area contributed by atoms with Crippen LogP contribution in [-0.2, 0) is 21.4 Å². The minimum atomic E-state index is -3.64. The summed E-state index contributed by atoms with van der Waals surface area (Å²) >= 11 is 6.10. The maximum atomic E-state index is 12.2. The number of rotatable bonds is 9. The molecule has 0 atom stereocenters. The highest BCUT2D eigenvalue weighted by Crippen LogP contribution is 2.27. The maximum absolute atomic E-state index is 12.2. The summed E-state index contributed by atoms with van der Waals surface area (Å²) in [7, 11) is -3.64. The molecular weight excluding hydrogens is 390 g/mol. The minimum Gasteiger partial charge on any atom is -0.482 e. The molecule has 0 bridgehead atoms. The minimum absolute atomic E-state index is 0.0418. The van der Waals surface area contributed by atoms with Gasteiger partial charge in [-0.05, 0) is 36.2 Å². The zero-order valence-corrected chi connectivity index (χ0v) is 16.7. The average Bonchev–Trinajstić information content (AvgIpc) is 2.64. The van der Waals surface area contributed by atoms with Crippen LogP contribution in [0.3, 0.4) is 0 Å². The highest BCUT2D eigenvalue weighted by molar-refractivity contribution is 7.89. The first-order chi connectivity index (χ1) is 12.8. The third-order valence-corrected chi connectivity index (χ3v) is 5.16. The Bertz CT molecular complexity index is 873. The molecular formula is C18H22ClN3O4S. The maximum Gasteiger partial charge on any atom is 0.258 e. The molecule has 0 saturated heterocycles. The predicted molar refractivity (Wildman–Crippen MR) is 103 cm³/mol. The second-order valence-corrected chi connectivity index (χ2v) is 8.40. The molecule has 2 N–H and O–H groups in total. The Morgan fingerprint density at radius 1 is 1.26 bits per heavy atom. The first-order valence-electron chi connectivity index (χ1n) is 8.36. The van der Waals surface area contributed by atoms with Crippen LogP contribution in [0.5, 0.6) is 5.75 Å². The van der Waals surface area contributed by atoms with Crippen molar-refractivity contribution in [2.75, 3.05) is 13.2 Å². The van der Waals surface area contributed by atoms with Gasteiger partial charge in [-0.3, -0.25) is 9.78 Å². The van der Waals surface area contributed by atoms with Crippen molar-refractivity contribution in [3.05, 3.63) is 53.3 Å². The third-order valence-electron chi connectivity index (χ3n) is 3.45. The summed E-state index contributed by atoms with van der Waals surface area (Å²) in [6.45, 7) is 4.19. The van der Waals surface area contributed by atoms with Crippen LogP contribution in [0.15, 0.2) is 47.5 Å². The summed E-state index contributed by atoms with van der Waals surface area (Å²) in [5, 5.41) is 2.79. The Morgan fingerprint density at radius 2 is 2.04 bits per heavy atom. The summed E-state index contributed by atoms with van der Waals surface area (Å²) in [5.74, 6) is 0.0712. The van der Waals surface area contributed by atoms with E-state index in [1.165, 1.54) is 18.2 Å². The molecule has 0 fully saturated rings. The highest BCUT2D eigenvalue weighted by atomic mass is 35.5. The number of amides is 1. The standard InChI is InChI=1S/C18H22ClN3O4S/c1-13(2)10-22-27(24,25)15-6-7-17(16(19)9-15)26-12-18(23)21-11-14-5-3-4-8-20-14/h3-9,13,22H,10-12H2,1-2H3,(H,21,23). The molecule has 0 spiro atoms. The second-order valence-electron chi connectivity index (χ2n) is 6.22. The van der Waals surface area contributed by atoms with Crippen molar-refractivity contribution in [2.45, 2.75) is 25.3 Å². The SMILES string of the molecule is CC(C)CNS(=O)(=O)c1ccc(OCC(=O)NCc2ccccn2)c(Cl)c1. The Hall–Kier alpha value is -2.16. The van der Waals surface area contributed by atoms with Gasteiger partial charge >= 0.3 is 0 Å². The molecule has 0 radical (unpaired) electrons. The fraction of sp³-hybridized carbons (Fsp3) is 0.333. The number of benzene rings is 1. The van der Waals surface area contributed by atoms with Crippen LogP contribution in [0.1, 0.15) is 19.5 Å². The molecule has 0 aliphatic rings. The number of pyridine rings is 1. The zero-order valence-electron chi connectivity index (χ0n) is 15.1. The normalized spacial score (nSPS) is 11.4. The number of nitrogens with one attached hydrogen (secondary N) is 2. The number of aromatic nitrogens is 1. The first-order valence-corrected chi connectivity index (χ1v) is 10.2. The van der Waals surface area contributed by atoms with E-state index in [-0.39, 0.29) is 40.6 Å². The van der Waals surface area contributed by atoms with Crippen molar-refractivity contribution in [1.82, 2.24) is 15.0 Å². The lowest BCUT2D eigenvalue weighted by Gasteiger charge is -2.12. The molecule has 0 saturated carbocycles. The Kier molecular flexibility index (Phi) is 7.58. The molecule has 27 heavy (non-hydrogen) atoms. The highest BCUT2D eigenvalue weighted by Gasteiger charge is 2.16. The number of halogens is 1. The van der Waals surface area contributed by atoms with E-state index in [1.807, 2.05) is 19.9 Å². The number of nitrogens with zero attached hydrogens (tertiary/aromatic N) is 1. The van der Waals surface area contributed by atoms with Crippen molar-refractivity contribution < 1.29 is 17.9 Å². The van der Waals surface area contributed by atoms with E-state index in [9.17, 15) is 13.2 Å². The lowest BCUT2D eigenvalue weighted by molar-refractivity contribution is -0.123. The number of hydrogen-bond donors (Lipinski definition) is 2. The molecule has 0 unspecified atom stereocenters. The molecule has 1 aromatic carbocycles. The van der Waals surface area contributed by atoms with Crippen LogP contribution in [0.2, 0.25) is 5.02 Å². The molecule has 0 aliphatic heterocycles. The van der Waals surface area contributed by atoms with Crippen LogP contribution in [0.4, 0.5) is 0 Å². The molecule has 2 aromatic rings. The molecule has 1 amide bonds. The summed E-state index contributed by atoms with van der Waals surface area (Å²) in [6, 6.07) is 9.53. The van der Waals surface area contributed by atoms with Crippen LogP contribution < -0.4 is 14.8 Å². The van der Waals surface area contributed by atoms with Gasteiger partial charge in [0.05, 0.1) is 22.2 Å². The molecule has 1 heterocycles. The predicted octanol–water partition coefficient (Wildman–Crippen LogP) is 2.36. The topological polar surface area (TPSA) is 97.4 Å². The van der Waals surface area contributed by atoms with E-state index in [1.54, 1.807) is 18.3 Å². The van der Waals surface area contributed by atoms with E-state index in [0.29, 0.717) is 6.54 Å². The van der Waals surface area contributed by atoms with Crippen LogP contribution in [0, 0.1) is 5.92 Å². The molecule has 9 heteroatoms. The van der Waals surface area contributed by atoms with Crippen molar-refractivity contribution in [1.29, 1.82) is 0 Å². The monoisotopic (exact) mass is 411 g/mol. The van der Waals surface area contributed by atoms with Gasteiger partial charge in [0.15, 0.2) is 6.61 Å². The number of carbonyl (C=O) groups excluding carboxylic acids is 1. The summed E-state index contributed by atoms with van der Waals surface area (Å²) in [5.41, 5.74) is 0.729. The van der Waals surface area contributed by atoms with Gasteiger partial charge < -0.3 is 10.1 Å². The van der Waals surface area contributed by atoms with Crippen LogP contribution in [0.25, 0.3) is 0 Å². The van der Waals surface area contributed by atoms with Crippen molar-refractivity contribution >= 4 is 27.5 Å². The van der Waals surface area contributed by atoms with Crippen LogP contribution in [-0.4, -0.2) is 32.5 Å². The Morgan fingerprint density at radius 3 is 2.67 bits per heavy atom. The molecule has 1 aromatic heterocycles. The van der Waals surface area contributed by atoms with Crippen molar-refractivity contribution in [3.63, 3.8) is 0 Å². The number of hydrogen-bond acceptors (Lipinski definition) is 5.